The van der Waals surface area contributed by atoms with Crippen molar-refractivity contribution in [3.63, 3.8) is 0 Å². The molecule has 0 aliphatic heterocycles. The van der Waals surface area contributed by atoms with E-state index in [4.69, 9.17) is 4.74 Å². The van der Waals surface area contributed by atoms with Crippen LogP contribution in [0.5, 0.6) is 0 Å². The maximum Gasteiger partial charge on any atom is 0.354 e. The van der Waals surface area contributed by atoms with Crippen LogP contribution in [0.2, 0.25) is 0 Å². The number of nitrogens with one attached hydrogen (secondary N) is 2. The Labute approximate surface area is 124 Å². The van der Waals surface area contributed by atoms with E-state index in [9.17, 15) is 4.79 Å². The fourth-order valence-electron chi connectivity index (χ4n) is 2.11. The van der Waals surface area contributed by atoms with Crippen LogP contribution >= 0.6 is 0 Å². The van der Waals surface area contributed by atoms with Gasteiger partial charge in [0.05, 0.1) is 13.7 Å². The normalized spacial score (nSPS) is 10.6. The van der Waals surface area contributed by atoms with Gasteiger partial charge in [-0.3, -0.25) is 0 Å². The van der Waals surface area contributed by atoms with Gasteiger partial charge in [0.25, 0.3) is 0 Å². The summed E-state index contributed by atoms with van der Waals surface area (Å²) in [4.78, 5) is 14.4. The van der Waals surface area contributed by atoms with Crippen molar-refractivity contribution in [1.29, 1.82) is 0 Å². The Kier molecular flexibility index (Phi) is 5.54. The SMILES string of the molecule is COCc1cccc(CNCc2ccc(C(=O)OC)[nH]2)c1. The van der Waals surface area contributed by atoms with E-state index in [0.717, 1.165) is 17.8 Å². The summed E-state index contributed by atoms with van der Waals surface area (Å²) in [5.41, 5.74) is 3.77. The number of carbonyl (C=O) groups is 1. The van der Waals surface area contributed by atoms with E-state index in [0.29, 0.717) is 18.8 Å². The van der Waals surface area contributed by atoms with Gasteiger partial charge in [0.1, 0.15) is 5.69 Å². The molecule has 5 nitrogen and oxygen atoms in total. The fourth-order valence-corrected chi connectivity index (χ4v) is 2.11. The predicted molar refractivity (Wildman–Crippen MR) is 79.8 cm³/mol. The molecule has 1 aromatic carbocycles. The zero-order valence-electron chi connectivity index (χ0n) is 12.3. The largest absolute Gasteiger partial charge is 0.464 e. The summed E-state index contributed by atoms with van der Waals surface area (Å²) in [5.74, 6) is -0.353. The highest BCUT2D eigenvalue weighted by atomic mass is 16.5. The summed E-state index contributed by atoms with van der Waals surface area (Å²) >= 11 is 0. The number of hydrogen-bond acceptors (Lipinski definition) is 4. The highest BCUT2D eigenvalue weighted by Crippen LogP contribution is 2.07. The van der Waals surface area contributed by atoms with Gasteiger partial charge in [-0.15, -0.1) is 0 Å². The second kappa shape index (κ2) is 7.61. The van der Waals surface area contributed by atoms with E-state index in [1.807, 2.05) is 18.2 Å². The van der Waals surface area contributed by atoms with Crippen LogP contribution < -0.4 is 5.32 Å². The molecule has 0 radical (unpaired) electrons. The highest BCUT2D eigenvalue weighted by molar-refractivity contribution is 5.87. The lowest BCUT2D eigenvalue weighted by atomic mass is 10.1. The fraction of sp³-hybridized carbons (Fsp3) is 0.312. The lowest BCUT2D eigenvalue weighted by Crippen LogP contribution is -2.13. The van der Waals surface area contributed by atoms with Crippen molar-refractivity contribution in [2.45, 2.75) is 19.7 Å². The molecule has 0 saturated heterocycles. The van der Waals surface area contributed by atoms with Crippen molar-refractivity contribution in [3.8, 4) is 0 Å². The summed E-state index contributed by atoms with van der Waals surface area (Å²) in [6, 6.07) is 11.9. The van der Waals surface area contributed by atoms with Crippen LogP contribution in [0.25, 0.3) is 0 Å². The maximum atomic E-state index is 11.3. The molecule has 5 heteroatoms. The summed E-state index contributed by atoms with van der Waals surface area (Å²) in [6.07, 6.45) is 0. The lowest BCUT2D eigenvalue weighted by molar-refractivity contribution is 0.0594. The third-order valence-corrected chi connectivity index (χ3v) is 3.10. The van der Waals surface area contributed by atoms with Crippen LogP contribution in [0.4, 0.5) is 0 Å². The first kappa shape index (κ1) is 15.3. The molecular weight excluding hydrogens is 268 g/mol. The van der Waals surface area contributed by atoms with Crippen molar-refractivity contribution in [2.75, 3.05) is 14.2 Å². The minimum atomic E-state index is -0.353. The molecule has 0 aliphatic rings. The molecule has 2 N–H and O–H groups in total. The summed E-state index contributed by atoms with van der Waals surface area (Å²) in [5, 5.41) is 3.33. The van der Waals surface area contributed by atoms with E-state index in [2.05, 4.69) is 27.2 Å². The van der Waals surface area contributed by atoms with E-state index in [1.165, 1.54) is 12.7 Å². The van der Waals surface area contributed by atoms with Gasteiger partial charge in [-0.25, -0.2) is 4.79 Å². The summed E-state index contributed by atoms with van der Waals surface area (Å²) in [6.45, 7) is 2.03. The summed E-state index contributed by atoms with van der Waals surface area (Å²) in [7, 11) is 3.06. The predicted octanol–water partition coefficient (Wildman–Crippen LogP) is 2.24. The Morgan fingerprint density at radius 1 is 1.14 bits per heavy atom. The smallest absolute Gasteiger partial charge is 0.354 e. The van der Waals surface area contributed by atoms with Crippen molar-refractivity contribution >= 4 is 5.97 Å². The van der Waals surface area contributed by atoms with Gasteiger partial charge < -0.3 is 19.8 Å². The first-order valence-corrected chi connectivity index (χ1v) is 6.76. The van der Waals surface area contributed by atoms with Gasteiger partial charge in [-0.05, 0) is 23.3 Å². The monoisotopic (exact) mass is 288 g/mol. The van der Waals surface area contributed by atoms with Gasteiger partial charge in [0.2, 0.25) is 0 Å². The third kappa shape index (κ3) is 4.44. The van der Waals surface area contributed by atoms with E-state index < -0.39 is 0 Å². The third-order valence-electron chi connectivity index (χ3n) is 3.10. The van der Waals surface area contributed by atoms with E-state index >= 15 is 0 Å². The van der Waals surface area contributed by atoms with Gasteiger partial charge >= 0.3 is 5.97 Å². The molecule has 1 aromatic heterocycles. The molecule has 0 bridgehead atoms. The average Bonchev–Trinajstić information content (AvgIpc) is 2.96. The van der Waals surface area contributed by atoms with Gasteiger partial charge in [0.15, 0.2) is 0 Å². The minimum Gasteiger partial charge on any atom is -0.464 e. The number of aromatic amines is 1. The van der Waals surface area contributed by atoms with Crippen LogP contribution in [0.15, 0.2) is 36.4 Å². The van der Waals surface area contributed by atoms with Crippen molar-refractivity contribution < 1.29 is 14.3 Å². The van der Waals surface area contributed by atoms with Gasteiger partial charge in [0, 0.05) is 25.9 Å². The number of rotatable bonds is 7. The van der Waals surface area contributed by atoms with Crippen molar-refractivity contribution in [2.24, 2.45) is 0 Å². The molecule has 0 unspecified atom stereocenters. The Balaban J connectivity index is 1.85. The lowest BCUT2D eigenvalue weighted by Gasteiger charge is -2.06. The molecule has 21 heavy (non-hydrogen) atoms. The first-order valence-electron chi connectivity index (χ1n) is 6.76. The molecule has 0 amide bonds. The zero-order chi connectivity index (χ0) is 15.1. The Hall–Kier alpha value is -2.11. The zero-order valence-corrected chi connectivity index (χ0v) is 12.3. The molecule has 1 heterocycles. The molecule has 0 spiro atoms. The highest BCUT2D eigenvalue weighted by Gasteiger charge is 2.07. The van der Waals surface area contributed by atoms with Crippen LogP contribution in [-0.2, 0) is 29.2 Å². The average molecular weight is 288 g/mol. The number of aromatic nitrogens is 1. The van der Waals surface area contributed by atoms with Crippen molar-refractivity contribution in [1.82, 2.24) is 10.3 Å². The van der Waals surface area contributed by atoms with Gasteiger partial charge in [-0.2, -0.15) is 0 Å². The Morgan fingerprint density at radius 2 is 1.95 bits per heavy atom. The number of ether oxygens (including phenoxy) is 2. The Morgan fingerprint density at radius 3 is 2.71 bits per heavy atom. The number of H-pyrrole nitrogens is 1. The molecular formula is C16H20N2O3. The molecule has 112 valence electrons. The molecule has 0 atom stereocenters. The summed E-state index contributed by atoms with van der Waals surface area (Å²) < 4.78 is 9.78. The van der Waals surface area contributed by atoms with E-state index in [-0.39, 0.29) is 5.97 Å². The number of hydrogen-bond donors (Lipinski definition) is 2. The maximum absolute atomic E-state index is 11.3. The van der Waals surface area contributed by atoms with Crippen LogP contribution in [0.3, 0.4) is 0 Å². The standard InChI is InChI=1S/C16H20N2O3/c1-20-11-13-5-3-4-12(8-13)9-17-10-14-6-7-15(18-14)16(19)21-2/h3-8,17-18H,9-11H2,1-2H3. The minimum absolute atomic E-state index is 0.353. The van der Waals surface area contributed by atoms with Crippen molar-refractivity contribution in [3.05, 3.63) is 58.9 Å². The van der Waals surface area contributed by atoms with Crippen LogP contribution in [0, 0.1) is 0 Å². The molecule has 0 fully saturated rings. The number of carbonyl (C=O) groups excluding carboxylic acids is 1. The van der Waals surface area contributed by atoms with Gasteiger partial charge in [-0.1, -0.05) is 24.3 Å². The number of methoxy groups -OCH3 is 2. The Bertz CT molecular complexity index is 593. The molecule has 0 aliphatic carbocycles. The quantitative estimate of drug-likeness (QED) is 0.767. The molecule has 2 rings (SSSR count). The second-order valence-corrected chi connectivity index (χ2v) is 4.75. The van der Waals surface area contributed by atoms with Crippen LogP contribution in [0.1, 0.15) is 27.3 Å². The second-order valence-electron chi connectivity index (χ2n) is 4.75. The number of esters is 1. The first-order chi connectivity index (χ1) is 10.2. The number of benzene rings is 1. The van der Waals surface area contributed by atoms with Crippen LogP contribution in [-0.4, -0.2) is 25.2 Å². The van der Waals surface area contributed by atoms with E-state index in [1.54, 1.807) is 13.2 Å². The molecule has 0 saturated carbocycles. The topological polar surface area (TPSA) is 63.4 Å². The molecule has 2 aromatic rings.